The van der Waals surface area contributed by atoms with Gasteiger partial charge in [0.15, 0.2) is 28.8 Å². The molecular formula is C25H26F7N3O3. The molecule has 1 atom stereocenters. The largest absolute Gasteiger partial charge is 0.485 e. The predicted molar refractivity (Wildman–Crippen MR) is 122 cm³/mol. The van der Waals surface area contributed by atoms with Crippen molar-refractivity contribution in [3.8, 4) is 5.75 Å². The lowest BCUT2D eigenvalue weighted by Gasteiger charge is -2.30. The van der Waals surface area contributed by atoms with E-state index in [0.29, 0.717) is 5.56 Å². The Kier molecular flexibility index (Phi) is 8.11. The molecule has 0 aliphatic carbocycles. The molecule has 0 aliphatic heterocycles. The lowest BCUT2D eigenvalue weighted by molar-refractivity contribution is -0.285. The summed E-state index contributed by atoms with van der Waals surface area (Å²) in [5.74, 6) is -8.61. The second-order valence-electron chi connectivity index (χ2n) is 9.71. The van der Waals surface area contributed by atoms with Crippen molar-refractivity contribution in [2.45, 2.75) is 71.3 Å². The Morgan fingerprint density at radius 3 is 2.26 bits per heavy atom. The average molecular weight is 549 g/mol. The van der Waals surface area contributed by atoms with Crippen molar-refractivity contribution < 1.29 is 45.4 Å². The normalized spacial score (nSPS) is 13.7. The third-order valence-electron chi connectivity index (χ3n) is 6.24. The SMILES string of the molecule is Cc1cc(OCc2c(F)cncc2F)c2nc(C)c(C(=O)CC(CCC(F)(F)C(F)(F)F)C(C)(C)O)n2c1. The molecule has 0 bridgehead atoms. The van der Waals surface area contributed by atoms with Crippen LogP contribution >= 0.6 is 0 Å². The Labute approximate surface area is 213 Å². The van der Waals surface area contributed by atoms with Crippen molar-refractivity contribution in [1.29, 1.82) is 0 Å². The Morgan fingerprint density at radius 2 is 1.71 bits per heavy atom. The Bertz CT molecular complexity index is 1310. The molecule has 13 heteroatoms. The topological polar surface area (TPSA) is 76.7 Å². The number of imidazole rings is 1. The summed E-state index contributed by atoms with van der Waals surface area (Å²) in [7, 11) is 0. The number of nitrogens with zero attached hydrogens (tertiary/aromatic N) is 3. The molecule has 3 aromatic rings. The van der Waals surface area contributed by atoms with E-state index < -0.39 is 66.9 Å². The number of aliphatic hydroxyl groups is 1. The molecule has 0 aliphatic rings. The average Bonchev–Trinajstić information content (AvgIpc) is 3.10. The van der Waals surface area contributed by atoms with Crippen molar-refractivity contribution in [3.63, 3.8) is 0 Å². The maximum absolute atomic E-state index is 14.0. The van der Waals surface area contributed by atoms with Gasteiger partial charge in [0.05, 0.1) is 29.3 Å². The van der Waals surface area contributed by atoms with Crippen LogP contribution in [0.5, 0.6) is 5.75 Å². The molecule has 3 rings (SSSR count). The van der Waals surface area contributed by atoms with Crippen LogP contribution in [0.4, 0.5) is 30.7 Å². The van der Waals surface area contributed by atoms with Gasteiger partial charge in [0.1, 0.15) is 12.3 Å². The summed E-state index contributed by atoms with van der Waals surface area (Å²) in [5.41, 5.74) is -1.22. The highest BCUT2D eigenvalue weighted by atomic mass is 19.4. The summed E-state index contributed by atoms with van der Waals surface area (Å²) in [6, 6.07) is 1.53. The maximum Gasteiger partial charge on any atom is 0.453 e. The zero-order valence-corrected chi connectivity index (χ0v) is 21.0. The fraction of sp³-hybridized carbons (Fsp3) is 0.480. The van der Waals surface area contributed by atoms with E-state index in [0.717, 1.165) is 12.4 Å². The minimum Gasteiger partial charge on any atom is -0.485 e. The first kappa shape index (κ1) is 29.3. The van der Waals surface area contributed by atoms with Crippen LogP contribution in [-0.4, -0.2) is 43.0 Å². The van der Waals surface area contributed by atoms with Gasteiger partial charge in [0, 0.05) is 19.0 Å². The third kappa shape index (κ3) is 6.25. The van der Waals surface area contributed by atoms with Crippen LogP contribution in [0.1, 0.15) is 60.4 Å². The molecule has 0 fully saturated rings. The second-order valence-corrected chi connectivity index (χ2v) is 9.71. The van der Waals surface area contributed by atoms with Gasteiger partial charge in [-0.15, -0.1) is 0 Å². The summed E-state index contributed by atoms with van der Waals surface area (Å²) in [5, 5.41) is 10.4. The number of hydrogen-bond donors (Lipinski definition) is 1. The van der Waals surface area contributed by atoms with Gasteiger partial charge in [-0.1, -0.05) is 0 Å². The lowest BCUT2D eigenvalue weighted by atomic mass is 9.82. The minimum absolute atomic E-state index is 0.00616. The van der Waals surface area contributed by atoms with E-state index in [1.165, 1.54) is 37.4 Å². The van der Waals surface area contributed by atoms with E-state index in [2.05, 4.69) is 9.97 Å². The van der Waals surface area contributed by atoms with Crippen LogP contribution in [0, 0.1) is 31.4 Å². The number of carbonyl (C=O) groups is 1. The van der Waals surface area contributed by atoms with Gasteiger partial charge in [0.25, 0.3) is 0 Å². The van der Waals surface area contributed by atoms with Crippen LogP contribution in [0.15, 0.2) is 24.7 Å². The number of carbonyl (C=O) groups excluding carboxylic acids is 1. The van der Waals surface area contributed by atoms with E-state index in [9.17, 15) is 40.6 Å². The van der Waals surface area contributed by atoms with Crippen LogP contribution in [-0.2, 0) is 6.61 Å². The highest BCUT2D eigenvalue weighted by Crippen LogP contribution is 2.41. The van der Waals surface area contributed by atoms with E-state index in [-0.39, 0.29) is 28.3 Å². The van der Waals surface area contributed by atoms with Crippen molar-refractivity contribution in [3.05, 3.63) is 58.8 Å². The van der Waals surface area contributed by atoms with Gasteiger partial charge < -0.3 is 9.84 Å². The zero-order chi connectivity index (χ0) is 28.6. The number of ketones is 1. The molecule has 3 heterocycles. The number of ether oxygens (including phenoxy) is 1. The first-order valence-electron chi connectivity index (χ1n) is 11.5. The number of Topliss-reactive ketones (excluding diaryl/α,β-unsaturated/α-hetero) is 1. The van der Waals surface area contributed by atoms with Gasteiger partial charge >= 0.3 is 12.1 Å². The molecule has 0 radical (unpaired) electrons. The standard InChI is InChI=1S/C25H26F7N3O3/c1-13-7-20(38-12-16-17(26)9-33-10-18(16)27)22-34-14(2)21(35(22)11-13)19(36)8-15(23(3,4)37)5-6-24(28,29)25(30,31)32/h7,9-11,15,37H,5-6,8,12H2,1-4H3. The van der Waals surface area contributed by atoms with Crippen LogP contribution < -0.4 is 4.74 Å². The number of pyridine rings is 2. The zero-order valence-electron chi connectivity index (χ0n) is 21.0. The molecule has 0 spiro atoms. The van der Waals surface area contributed by atoms with Crippen molar-refractivity contribution in [2.24, 2.45) is 5.92 Å². The smallest absolute Gasteiger partial charge is 0.453 e. The van der Waals surface area contributed by atoms with E-state index in [1.54, 1.807) is 6.92 Å². The maximum atomic E-state index is 14.0. The lowest BCUT2D eigenvalue weighted by Crippen LogP contribution is -2.39. The fourth-order valence-corrected chi connectivity index (χ4v) is 4.05. The number of fused-ring (bicyclic) bond motifs is 1. The quantitative estimate of drug-likeness (QED) is 0.243. The fourth-order valence-electron chi connectivity index (χ4n) is 4.05. The molecule has 1 unspecified atom stereocenters. The molecular weight excluding hydrogens is 523 g/mol. The number of halogens is 7. The molecule has 0 amide bonds. The summed E-state index contributed by atoms with van der Waals surface area (Å²) in [6.45, 7) is 5.08. The van der Waals surface area contributed by atoms with Gasteiger partial charge in [-0.25, -0.2) is 13.8 Å². The summed E-state index contributed by atoms with van der Waals surface area (Å²) >= 11 is 0. The molecule has 1 N–H and O–H groups in total. The van der Waals surface area contributed by atoms with E-state index in [1.807, 2.05) is 0 Å². The Morgan fingerprint density at radius 1 is 1.11 bits per heavy atom. The Hall–Kier alpha value is -3.22. The van der Waals surface area contributed by atoms with E-state index in [4.69, 9.17) is 4.74 Å². The van der Waals surface area contributed by atoms with Crippen molar-refractivity contribution in [1.82, 2.24) is 14.4 Å². The summed E-state index contributed by atoms with van der Waals surface area (Å²) < 4.78 is 99.8. The highest BCUT2D eigenvalue weighted by molar-refractivity contribution is 5.97. The van der Waals surface area contributed by atoms with Crippen LogP contribution in [0.25, 0.3) is 5.65 Å². The molecule has 6 nitrogen and oxygen atoms in total. The van der Waals surface area contributed by atoms with Gasteiger partial charge in [-0.3, -0.25) is 14.2 Å². The molecule has 0 aromatic carbocycles. The predicted octanol–water partition coefficient (Wildman–Crippen LogP) is 6.14. The molecule has 38 heavy (non-hydrogen) atoms. The van der Waals surface area contributed by atoms with Gasteiger partial charge in [-0.05, 0) is 51.7 Å². The number of alkyl halides is 5. The second kappa shape index (κ2) is 10.5. The summed E-state index contributed by atoms with van der Waals surface area (Å²) in [4.78, 5) is 21.0. The monoisotopic (exact) mass is 549 g/mol. The van der Waals surface area contributed by atoms with Crippen molar-refractivity contribution >= 4 is 11.4 Å². The first-order valence-corrected chi connectivity index (χ1v) is 11.5. The van der Waals surface area contributed by atoms with Crippen LogP contribution in [0.3, 0.4) is 0 Å². The highest BCUT2D eigenvalue weighted by Gasteiger charge is 2.57. The van der Waals surface area contributed by atoms with Crippen LogP contribution in [0.2, 0.25) is 0 Å². The van der Waals surface area contributed by atoms with Crippen molar-refractivity contribution in [2.75, 3.05) is 0 Å². The number of rotatable bonds is 10. The minimum atomic E-state index is -5.75. The summed E-state index contributed by atoms with van der Waals surface area (Å²) in [6.07, 6.45) is -5.47. The van der Waals surface area contributed by atoms with E-state index >= 15 is 0 Å². The molecule has 0 saturated heterocycles. The molecule has 3 aromatic heterocycles. The van der Waals surface area contributed by atoms with Gasteiger partial charge in [-0.2, -0.15) is 22.0 Å². The third-order valence-corrected chi connectivity index (χ3v) is 6.24. The first-order chi connectivity index (χ1) is 17.4. The van der Waals surface area contributed by atoms with Gasteiger partial charge in [0.2, 0.25) is 0 Å². The molecule has 208 valence electrons. The Balaban J connectivity index is 1.91. The number of hydrogen-bond acceptors (Lipinski definition) is 5. The molecule has 0 saturated carbocycles. The number of aryl methyl sites for hydroxylation is 2. The number of aromatic nitrogens is 3.